The summed E-state index contributed by atoms with van der Waals surface area (Å²) in [7, 11) is -4.73. The molecule has 98 valence electrons. The molecule has 0 spiro atoms. The van der Waals surface area contributed by atoms with Gasteiger partial charge in [-0.25, -0.2) is 4.57 Å². The van der Waals surface area contributed by atoms with Gasteiger partial charge in [0.05, 0.1) is 6.61 Å². The monoisotopic (exact) mass is 300 g/mol. The van der Waals surface area contributed by atoms with Crippen molar-refractivity contribution in [2.45, 2.75) is 30.7 Å². The molecule has 0 unspecified atom stereocenters. The molecule has 0 bridgehead atoms. The van der Waals surface area contributed by atoms with E-state index >= 15 is 0 Å². The Balaban J connectivity index is 0.00000256. The van der Waals surface area contributed by atoms with Crippen molar-refractivity contribution in [2.24, 2.45) is 0 Å². The molecule has 9 nitrogen and oxygen atoms in total. The van der Waals surface area contributed by atoms with E-state index in [-0.39, 0.29) is 51.4 Å². The van der Waals surface area contributed by atoms with Gasteiger partial charge in [0.2, 0.25) is 0 Å². The third-order valence-electron chi connectivity index (χ3n) is 2.09. The van der Waals surface area contributed by atoms with E-state index in [1.54, 1.807) is 0 Å². The first-order chi connectivity index (χ1) is 7.22. The van der Waals surface area contributed by atoms with Gasteiger partial charge in [-0.05, 0) is 0 Å². The van der Waals surface area contributed by atoms with E-state index < -0.39 is 45.1 Å². The Morgan fingerprint density at radius 3 is 2.06 bits per heavy atom. The van der Waals surface area contributed by atoms with Crippen LogP contribution in [0.3, 0.4) is 0 Å². The molecule has 0 amide bonds. The second kappa shape index (κ2) is 7.36. The van der Waals surface area contributed by atoms with E-state index in [2.05, 4.69) is 9.26 Å². The van der Waals surface area contributed by atoms with Crippen molar-refractivity contribution in [3.8, 4) is 0 Å². The standard InChI is InChI=1S/C6H13O9P.K.H/c7-3-2(1-14-16(11,12)13)15-6(10)5(9)4(3)8;;/h2-10H,1H2,(H2,11,12,13);;/t2-,3-,4+,5-,6+;;/m1../s1. The van der Waals surface area contributed by atoms with Crippen LogP contribution in [0.25, 0.3) is 0 Å². The summed E-state index contributed by atoms with van der Waals surface area (Å²) in [6, 6.07) is 0. The van der Waals surface area contributed by atoms with Crippen LogP contribution >= 0.6 is 7.82 Å². The van der Waals surface area contributed by atoms with Crippen molar-refractivity contribution in [3.63, 3.8) is 0 Å². The average Bonchev–Trinajstić information content (AvgIpc) is 2.17. The topological polar surface area (TPSA) is 157 Å². The molecule has 17 heavy (non-hydrogen) atoms. The Labute approximate surface area is 139 Å². The zero-order chi connectivity index (χ0) is 12.5. The molecule has 11 heteroatoms. The van der Waals surface area contributed by atoms with Crippen molar-refractivity contribution in [2.75, 3.05) is 6.61 Å². The fraction of sp³-hybridized carbons (Fsp3) is 1.00. The number of phosphoric acid groups is 1. The van der Waals surface area contributed by atoms with Gasteiger partial charge in [0, 0.05) is 0 Å². The molecule has 1 saturated heterocycles. The van der Waals surface area contributed by atoms with E-state index in [0.717, 1.165) is 0 Å². The summed E-state index contributed by atoms with van der Waals surface area (Å²) in [5.74, 6) is 0. The first-order valence-electron chi connectivity index (χ1n) is 4.30. The summed E-state index contributed by atoms with van der Waals surface area (Å²) < 4.78 is 19.0. The van der Waals surface area contributed by atoms with Crippen LogP contribution in [0.2, 0.25) is 0 Å². The Kier molecular flexibility index (Phi) is 8.03. The predicted octanol–water partition coefficient (Wildman–Crippen LogP) is -3.75. The number of ether oxygens (including phenoxy) is 1. The first kappa shape index (κ1) is 18.5. The summed E-state index contributed by atoms with van der Waals surface area (Å²) in [5, 5.41) is 36.7. The van der Waals surface area contributed by atoms with Crippen LogP contribution in [0.4, 0.5) is 0 Å². The van der Waals surface area contributed by atoms with Gasteiger partial charge >= 0.3 is 59.2 Å². The summed E-state index contributed by atoms with van der Waals surface area (Å²) in [6.07, 6.45) is -8.11. The van der Waals surface area contributed by atoms with E-state index in [9.17, 15) is 14.8 Å². The van der Waals surface area contributed by atoms with Crippen LogP contribution < -0.4 is 0 Å². The number of aliphatic hydroxyl groups is 4. The van der Waals surface area contributed by atoms with Gasteiger partial charge < -0.3 is 34.9 Å². The molecule has 0 aromatic rings. The van der Waals surface area contributed by atoms with Crippen LogP contribution in [-0.4, -0.2) is 119 Å². The molecule has 1 heterocycles. The van der Waals surface area contributed by atoms with Crippen LogP contribution in [0.1, 0.15) is 0 Å². The minimum atomic E-state index is -4.73. The number of aliphatic hydroxyl groups excluding tert-OH is 4. The van der Waals surface area contributed by atoms with Crippen LogP contribution in [-0.2, 0) is 13.8 Å². The number of hydrogen-bond donors (Lipinski definition) is 6. The predicted molar refractivity (Wildman–Crippen MR) is 54.0 cm³/mol. The molecule has 0 aromatic heterocycles. The van der Waals surface area contributed by atoms with Crippen molar-refractivity contribution >= 4 is 59.2 Å². The summed E-state index contributed by atoms with van der Waals surface area (Å²) in [6.45, 7) is -0.730. The van der Waals surface area contributed by atoms with Crippen molar-refractivity contribution in [1.29, 1.82) is 0 Å². The van der Waals surface area contributed by atoms with Crippen molar-refractivity contribution < 1.29 is 44.0 Å². The molecule has 1 fully saturated rings. The summed E-state index contributed by atoms with van der Waals surface area (Å²) in [5.41, 5.74) is 0. The van der Waals surface area contributed by atoms with Gasteiger partial charge in [-0.2, -0.15) is 0 Å². The number of rotatable bonds is 3. The van der Waals surface area contributed by atoms with Gasteiger partial charge in [-0.3, -0.25) is 4.52 Å². The molecule has 5 atom stereocenters. The Bertz CT molecular complexity index is 283. The molecule has 0 aromatic carbocycles. The Morgan fingerprint density at radius 1 is 1.06 bits per heavy atom. The second-order valence-electron chi connectivity index (χ2n) is 3.32. The molecule has 1 rings (SSSR count). The van der Waals surface area contributed by atoms with Gasteiger partial charge in [-0.15, -0.1) is 0 Å². The van der Waals surface area contributed by atoms with E-state index in [4.69, 9.17) is 20.0 Å². The number of hydrogen-bond acceptors (Lipinski definition) is 7. The second-order valence-corrected chi connectivity index (χ2v) is 4.56. The molecule has 1 aliphatic heterocycles. The fourth-order valence-corrected chi connectivity index (χ4v) is 1.58. The van der Waals surface area contributed by atoms with E-state index in [0.29, 0.717) is 0 Å². The van der Waals surface area contributed by atoms with E-state index in [1.165, 1.54) is 0 Å². The Hall–Kier alpha value is 1.55. The van der Waals surface area contributed by atoms with Crippen LogP contribution in [0.5, 0.6) is 0 Å². The summed E-state index contributed by atoms with van der Waals surface area (Å²) >= 11 is 0. The minimum absolute atomic E-state index is 0. The Morgan fingerprint density at radius 2 is 1.59 bits per heavy atom. The fourth-order valence-electron chi connectivity index (χ4n) is 1.24. The molecule has 0 radical (unpaired) electrons. The molecule has 1 aliphatic rings. The zero-order valence-corrected chi connectivity index (χ0v) is 8.84. The van der Waals surface area contributed by atoms with Gasteiger partial charge in [0.25, 0.3) is 0 Å². The van der Waals surface area contributed by atoms with Crippen molar-refractivity contribution in [3.05, 3.63) is 0 Å². The van der Waals surface area contributed by atoms with Crippen molar-refractivity contribution in [1.82, 2.24) is 0 Å². The quantitative estimate of drug-likeness (QED) is 0.227. The van der Waals surface area contributed by atoms with Gasteiger partial charge in [-0.1, -0.05) is 0 Å². The molecular weight excluding hydrogens is 286 g/mol. The van der Waals surface area contributed by atoms with Gasteiger partial charge in [0.15, 0.2) is 6.29 Å². The maximum absolute atomic E-state index is 10.4. The SMILES string of the molecule is O=P(O)(O)OC[C@H]1O[C@H](O)[C@H](O)[C@@H](O)[C@@H]1O.[KH]. The third kappa shape index (κ3) is 5.59. The maximum atomic E-state index is 10.4. The normalized spacial score (nSPS) is 38.6. The molecule has 0 aliphatic carbocycles. The number of phosphoric ester groups is 1. The molecule has 0 saturated carbocycles. The first-order valence-corrected chi connectivity index (χ1v) is 5.83. The van der Waals surface area contributed by atoms with Gasteiger partial charge in [0.1, 0.15) is 24.4 Å². The molecule has 6 N–H and O–H groups in total. The van der Waals surface area contributed by atoms with Crippen LogP contribution in [0.15, 0.2) is 0 Å². The third-order valence-corrected chi connectivity index (χ3v) is 2.58. The molecular formula is C6H14KO9P. The summed E-state index contributed by atoms with van der Waals surface area (Å²) in [4.78, 5) is 16.8. The van der Waals surface area contributed by atoms with Crippen LogP contribution in [0, 0.1) is 0 Å². The van der Waals surface area contributed by atoms with E-state index in [1.807, 2.05) is 0 Å². The average molecular weight is 300 g/mol. The zero-order valence-electron chi connectivity index (χ0n) is 7.95.